The normalized spacial score (nSPS) is 18.3. The molecule has 7 N–H and O–H groups in total. The number of aliphatic hydroxyl groups excluding tert-OH is 7. The maximum Gasteiger partial charge on any atom is 0.0319 e. The van der Waals surface area contributed by atoms with Gasteiger partial charge in [-0.15, -0.1) is 0 Å². The first kappa shape index (κ1) is 66.5. The summed E-state index contributed by atoms with van der Waals surface area (Å²) in [5.41, 5.74) is 0. The van der Waals surface area contributed by atoms with Gasteiger partial charge in [0, 0.05) is 49.8 Å². The zero-order chi connectivity index (χ0) is 40.9. The van der Waals surface area contributed by atoms with E-state index in [1.165, 1.54) is 244 Å². The van der Waals surface area contributed by atoms with Crippen LogP contribution in [0.4, 0.5) is 0 Å². The second-order valence-electron chi connectivity index (χ2n) is 13.4. The standard InChI is InChI=1S/C38H76.7CH4O/c1-2-4-6-8-10-12-14-16-18-20-22-24-26-28-30-32-34-36-38-37-35-33-31-29-27-25-23-21-19-17-15-13-11-9-7-5-3-1;7*1-2/h1-38H2;7*2H,1H3. The molecule has 0 radical (unpaired) electrons. The Labute approximate surface area is 328 Å². The van der Waals surface area contributed by atoms with Crippen molar-refractivity contribution >= 4 is 0 Å². The van der Waals surface area contributed by atoms with Crippen LogP contribution in [0.25, 0.3) is 0 Å². The summed E-state index contributed by atoms with van der Waals surface area (Å²) in [5, 5.41) is 49.0. The van der Waals surface area contributed by atoms with Crippen LogP contribution >= 0.6 is 0 Å². The van der Waals surface area contributed by atoms with E-state index in [0.717, 1.165) is 49.8 Å². The lowest BCUT2D eigenvalue weighted by Crippen LogP contribution is -1.85. The van der Waals surface area contributed by atoms with Gasteiger partial charge in [0.25, 0.3) is 0 Å². The highest BCUT2D eigenvalue weighted by Gasteiger charge is 1.98. The van der Waals surface area contributed by atoms with E-state index >= 15 is 0 Å². The molecule has 7 nitrogen and oxygen atoms in total. The summed E-state index contributed by atoms with van der Waals surface area (Å²) in [6.45, 7) is 0. The third-order valence-electron chi connectivity index (χ3n) is 9.50. The van der Waals surface area contributed by atoms with Crippen LogP contribution in [0.3, 0.4) is 0 Å². The van der Waals surface area contributed by atoms with E-state index in [9.17, 15) is 0 Å². The highest BCUT2D eigenvalue weighted by molar-refractivity contribution is 4.54. The molecule has 1 fully saturated rings. The van der Waals surface area contributed by atoms with Gasteiger partial charge < -0.3 is 35.7 Å². The molecule has 0 aromatic heterocycles. The fourth-order valence-electron chi connectivity index (χ4n) is 6.72. The molecule has 0 amide bonds. The van der Waals surface area contributed by atoms with Gasteiger partial charge in [0.05, 0.1) is 0 Å². The molecular weight excluding hydrogens is 652 g/mol. The molecule has 0 heterocycles. The minimum Gasteiger partial charge on any atom is -0.400 e. The molecule has 0 bridgehead atoms. The van der Waals surface area contributed by atoms with Gasteiger partial charge in [0.15, 0.2) is 0 Å². The first-order valence-corrected chi connectivity index (χ1v) is 22.1. The molecule has 326 valence electrons. The first-order chi connectivity index (χ1) is 26.0. The average Bonchev–Trinajstić information content (AvgIpc) is 3.23. The van der Waals surface area contributed by atoms with Gasteiger partial charge in [-0.2, -0.15) is 0 Å². The largest absolute Gasteiger partial charge is 0.400 e. The number of hydrogen-bond donors (Lipinski definition) is 7. The number of hydrogen-bond acceptors (Lipinski definition) is 7. The van der Waals surface area contributed by atoms with Crippen LogP contribution in [-0.2, 0) is 0 Å². The van der Waals surface area contributed by atoms with E-state index in [0.29, 0.717) is 0 Å². The SMILES string of the molecule is C1CCCCCCCCCCCCCCCCCCCCCCCCCCCCCCCCCCCCC1.CO.CO.CO.CO.CO.CO.CO. The van der Waals surface area contributed by atoms with E-state index in [1.807, 2.05) is 0 Å². The molecule has 0 aromatic carbocycles. The minimum atomic E-state index is 1.00. The van der Waals surface area contributed by atoms with E-state index in [1.54, 1.807) is 0 Å². The van der Waals surface area contributed by atoms with E-state index in [2.05, 4.69) is 0 Å². The van der Waals surface area contributed by atoms with Gasteiger partial charge in [0.1, 0.15) is 0 Å². The van der Waals surface area contributed by atoms with Crippen LogP contribution in [0.15, 0.2) is 0 Å². The highest BCUT2D eigenvalue weighted by atomic mass is 16.2. The van der Waals surface area contributed by atoms with Crippen molar-refractivity contribution in [1.82, 2.24) is 0 Å². The third-order valence-corrected chi connectivity index (χ3v) is 9.50. The summed E-state index contributed by atoms with van der Waals surface area (Å²) in [7, 11) is 7.00. The quantitative estimate of drug-likeness (QED) is 0.130. The Hall–Kier alpha value is -0.280. The molecule has 7 heteroatoms. The van der Waals surface area contributed by atoms with E-state index in [4.69, 9.17) is 35.7 Å². The molecule has 1 aliphatic carbocycles. The van der Waals surface area contributed by atoms with E-state index < -0.39 is 0 Å². The molecule has 0 spiro atoms. The zero-order valence-electron chi connectivity index (χ0n) is 37.0. The lowest BCUT2D eigenvalue weighted by Gasteiger charge is -2.05. The van der Waals surface area contributed by atoms with Gasteiger partial charge in [-0.1, -0.05) is 244 Å². The maximum absolute atomic E-state index is 7.00. The maximum atomic E-state index is 7.00. The van der Waals surface area contributed by atoms with Crippen LogP contribution in [-0.4, -0.2) is 85.5 Å². The Morgan fingerprint density at radius 3 is 0.135 bits per heavy atom. The monoisotopic (exact) mass is 757 g/mol. The predicted molar refractivity (Wildman–Crippen MR) is 232 cm³/mol. The Kier molecular flexibility index (Phi) is 113. The van der Waals surface area contributed by atoms with Crippen molar-refractivity contribution < 1.29 is 35.7 Å². The zero-order valence-corrected chi connectivity index (χ0v) is 37.0. The van der Waals surface area contributed by atoms with Crippen LogP contribution in [0.2, 0.25) is 0 Å². The Balaban J connectivity index is -0.000000257. The van der Waals surface area contributed by atoms with Crippen molar-refractivity contribution in [2.75, 3.05) is 49.8 Å². The molecule has 0 atom stereocenters. The molecular formula is C45H104O7. The van der Waals surface area contributed by atoms with Crippen molar-refractivity contribution in [2.45, 2.75) is 244 Å². The second kappa shape index (κ2) is 88.1. The van der Waals surface area contributed by atoms with Crippen LogP contribution in [0.5, 0.6) is 0 Å². The first-order valence-electron chi connectivity index (χ1n) is 22.1. The Bertz CT molecular complexity index is 229. The lowest BCUT2D eigenvalue weighted by atomic mass is 10.0. The van der Waals surface area contributed by atoms with Gasteiger partial charge >= 0.3 is 0 Å². The van der Waals surface area contributed by atoms with Gasteiger partial charge in [-0.05, 0) is 0 Å². The van der Waals surface area contributed by atoms with Crippen molar-refractivity contribution in [3.63, 3.8) is 0 Å². The minimum absolute atomic E-state index is 1.00. The van der Waals surface area contributed by atoms with Gasteiger partial charge in [0.2, 0.25) is 0 Å². The summed E-state index contributed by atoms with van der Waals surface area (Å²) < 4.78 is 0. The number of aliphatic hydroxyl groups is 7. The Morgan fingerprint density at radius 2 is 0.115 bits per heavy atom. The van der Waals surface area contributed by atoms with Crippen molar-refractivity contribution in [2.24, 2.45) is 0 Å². The molecule has 0 saturated heterocycles. The molecule has 0 aromatic rings. The summed E-state index contributed by atoms with van der Waals surface area (Å²) in [6.07, 6.45) is 57.0. The van der Waals surface area contributed by atoms with Crippen molar-refractivity contribution in [3.05, 3.63) is 0 Å². The van der Waals surface area contributed by atoms with Crippen molar-refractivity contribution in [1.29, 1.82) is 0 Å². The van der Waals surface area contributed by atoms with Gasteiger partial charge in [-0.3, -0.25) is 0 Å². The fourth-order valence-corrected chi connectivity index (χ4v) is 6.72. The second-order valence-corrected chi connectivity index (χ2v) is 13.4. The molecule has 1 aliphatic rings. The topological polar surface area (TPSA) is 142 Å². The van der Waals surface area contributed by atoms with Crippen LogP contribution in [0.1, 0.15) is 244 Å². The van der Waals surface area contributed by atoms with E-state index in [-0.39, 0.29) is 0 Å². The lowest BCUT2D eigenvalue weighted by molar-refractivity contribution is 0.399. The van der Waals surface area contributed by atoms with Crippen molar-refractivity contribution in [3.8, 4) is 0 Å². The summed E-state index contributed by atoms with van der Waals surface area (Å²) >= 11 is 0. The highest BCUT2D eigenvalue weighted by Crippen LogP contribution is 2.18. The molecule has 0 unspecified atom stereocenters. The summed E-state index contributed by atoms with van der Waals surface area (Å²) in [5.74, 6) is 0. The van der Waals surface area contributed by atoms with Gasteiger partial charge in [-0.25, -0.2) is 0 Å². The summed E-state index contributed by atoms with van der Waals surface area (Å²) in [4.78, 5) is 0. The molecule has 0 aliphatic heterocycles. The molecule has 1 rings (SSSR count). The number of rotatable bonds is 0. The third kappa shape index (κ3) is 82.9. The smallest absolute Gasteiger partial charge is 0.0319 e. The summed E-state index contributed by atoms with van der Waals surface area (Å²) in [6, 6.07) is 0. The van der Waals surface area contributed by atoms with Crippen LogP contribution in [0, 0.1) is 0 Å². The Morgan fingerprint density at radius 1 is 0.0962 bits per heavy atom. The predicted octanol–water partition coefficient (Wildman–Crippen LogP) is 12.1. The van der Waals surface area contributed by atoms with Crippen LogP contribution < -0.4 is 0 Å². The fraction of sp³-hybridized carbons (Fsp3) is 1.00. The molecule has 1 saturated carbocycles. The molecule has 52 heavy (non-hydrogen) atoms. The average molecular weight is 757 g/mol.